The highest BCUT2D eigenvalue weighted by atomic mass is 32.2. The first-order valence-electron chi connectivity index (χ1n) is 12.0. The van der Waals surface area contributed by atoms with Crippen molar-refractivity contribution in [3.63, 3.8) is 0 Å². The fourth-order valence-electron chi connectivity index (χ4n) is 7.75. The topological polar surface area (TPSA) is 77.5 Å². The van der Waals surface area contributed by atoms with Crippen molar-refractivity contribution < 1.29 is 35.4 Å². The minimum atomic E-state index is -5.79. The van der Waals surface area contributed by atoms with Gasteiger partial charge in [0.2, 0.25) is 0 Å². The molecule has 0 aromatic heterocycles. The lowest BCUT2D eigenvalue weighted by Gasteiger charge is -2.57. The molecule has 5 aliphatic carbocycles. The van der Waals surface area contributed by atoms with Gasteiger partial charge in [-0.2, -0.15) is 21.6 Å². The Balaban J connectivity index is 1.53. The summed E-state index contributed by atoms with van der Waals surface area (Å²) in [5.41, 5.74) is -1.07. The molecule has 5 nitrogen and oxygen atoms in total. The molecule has 9 heteroatoms. The number of hydrogen-bond acceptors (Lipinski definition) is 5. The van der Waals surface area contributed by atoms with E-state index in [0.717, 1.165) is 36.0 Å². The number of carbonyl (C=O) groups is 2. The van der Waals surface area contributed by atoms with Crippen LogP contribution in [0.2, 0.25) is 0 Å². The maximum absolute atomic E-state index is 13.0. The van der Waals surface area contributed by atoms with Crippen LogP contribution in [0.4, 0.5) is 13.2 Å². The third-order valence-electron chi connectivity index (χ3n) is 9.21. The van der Waals surface area contributed by atoms with Gasteiger partial charge >= 0.3 is 15.6 Å². The number of alkyl halides is 3. The molecule has 1 aromatic rings. The summed E-state index contributed by atoms with van der Waals surface area (Å²) in [5.74, 6) is 0.0597. The van der Waals surface area contributed by atoms with Crippen molar-refractivity contribution >= 4 is 21.7 Å². The second kappa shape index (κ2) is 7.08. The van der Waals surface area contributed by atoms with Crippen molar-refractivity contribution in [2.75, 3.05) is 0 Å². The second-order valence-electron chi connectivity index (χ2n) is 10.9. The average Bonchev–Trinajstić information content (AvgIpc) is 3.07. The largest absolute Gasteiger partial charge is 0.534 e. The van der Waals surface area contributed by atoms with Crippen LogP contribution in [0.3, 0.4) is 0 Å². The zero-order valence-corrected chi connectivity index (χ0v) is 20.0. The van der Waals surface area contributed by atoms with Crippen LogP contribution in [0.15, 0.2) is 41.0 Å². The maximum atomic E-state index is 13.0. The zero-order chi connectivity index (χ0) is 25.0. The summed E-state index contributed by atoms with van der Waals surface area (Å²) in [6.07, 6.45) is 6.79. The summed E-state index contributed by atoms with van der Waals surface area (Å²) in [6, 6.07) is 4.33. The Bertz CT molecular complexity index is 1360. The SMILES string of the molecule is C[C@]12CC3C4=C(CCC5=CC(=O)CC[C@@]54Cc4cc(OS(=O)(=O)C(F)(F)F)ccc43)[C@@H]1CCC2=O. The minimum absolute atomic E-state index is 0.0852. The van der Waals surface area contributed by atoms with E-state index in [-0.39, 0.29) is 29.2 Å². The number of benzene rings is 1. The van der Waals surface area contributed by atoms with Crippen molar-refractivity contribution in [1.82, 2.24) is 0 Å². The summed E-state index contributed by atoms with van der Waals surface area (Å²) < 4.78 is 66.4. The predicted octanol–water partition coefficient (Wildman–Crippen LogP) is 5.31. The number of rotatable bonds is 2. The molecule has 1 fully saturated rings. The number of halogens is 3. The highest BCUT2D eigenvalue weighted by molar-refractivity contribution is 7.88. The normalized spacial score (nSPS) is 34.0. The summed E-state index contributed by atoms with van der Waals surface area (Å²) in [5, 5.41) is 0. The Hall–Kier alpha value is -2.42. The third kappa shape index (κ3) is 3.09. The lowest BCUT2D eigenvalue weighted by molar-refractivity contribution is -0.126. The molecule has 0 aliphatic heterocycles. The van der Waals surface area contributed by atoms with Gasteiger partial charge in [-0.3, -0.25) is 9.59 Å². The van der Waals surface area contributed by atoms with Crippen LogP contribution in [0, 0.1) is 16.7 Å². The summed E-state index contributed by atoms with van der Waals surface area (Å²) in [4.78, 5) is 25.4. The molecule has 35 heavy (non-hydrogen) atoms. The molecule has 1 spiro atoms. The predicted molar refractivity (Wildman–Crippen MR) is 120 cm³/mol. The number of allylic oxidation sites excluding steroid dienone is 4. The van der Waals surface area contributed by atoms with E-state index in [9.17, 15) is 31.2 Å². The zero-order valence-electron chi connectivity index (χ0n) is 19.2. The van der Waals surface area contributed by atoms with Gasteiger partial charge in [0.15, 0.2) is 5.78 Å². The van der Waals surface area contributed by atoms with Gasteiger partial charge in [0.25, 0.3) is 0 Å². The molecule has 1 aromatic carbocycles. The van der Waals surface area contributed by atoms with Gasteiger partial charge in [0, 0.05) is 29.6 Å². The molecule has 0 amide bonds. The Kier molecular flexibility index (Phi) is 4.65. The Morgan fingerprint density at radius 1 is 1.09 bits per heavy atom. The number of ketones is 2. The standard InChI is InChI=1S/C26H25F3O5S/c1-24-13-20-18-5-3-17(34-35(32,33)26(27,28)29)10-14(18)12-25-9-8-16(30)11-15(25)2-4-19(23(20)25)21(24)6-7-22(24)31/h3,5,10-11,20-21H,2,4,6-9,12-13H2,1H3/t20?,21-,24-,25+/m0/s1. The fraction of sp³-hybridized carbons (Fsp3) is 0.538. The van der Waals surface area contributed by atoms with Crippen LogP contribution < -0.4 is 4.18 Å². The van der Waals surface area contributed by atoms with Crippen LogP contribution >= 0.6 is 0 Å². The number of fused-ring (bicyclic) bond motifs is 4. The summed E-state index contributed by atoms with van der Waals surface area (Å²) in [7, 11) is -5.79. The van der Waals surface area contributed by atoms with Crippen molar-refractivity contribution in [2.24, 2.45) is 16.7 Å². The molecular formula is C26H25F3O5S. The number of Topliss-reactive ketones (excluding diaryl/α,β-unsaturated/α-hetero) is 1. The highest BCUT2D eigenvalue weighted by Gasteiger charge is 2.59. The first-order valence-corrected chi connectivity index (χ1v) is 13.4. The fourth-order valence-corrected chi connectivity index (χ4v) is 8.21. The molecule has 0 heterocycles. The summed E-state index contributed by atoms with van der Waals surface area (Å²) in [6.45, 7) is 2.04. The number of hydrogen-bond donors (Lipinski definition) is 0. The van der Waals surface area contributed by atoms with Crippen molar-refractivity contribution in [3.05, 3.63) is 52.1 Å². The van der Waals surface area contributed by atoms with Gasteiger partial charge in [-0.25, -0.2) is 0 Å². The molecule has 0 saturated heterocycles. The lowest BCUT2D eigenvalue weighted by atomic mass is 9.46. The van der Waals surface area contributed by atoms with Crippen LogP contribution in [0.25, 0.3) is 0 Å². The molecular weight excluding hydrogens is 481 g/mol. The minimum Gasteiger partial charge on any atom is -0.376 e. The van der Waals surface area contributed by atoms with E-state index >= 15 is 0 Å². The maximum Gasteiger partial charge on any atom is 0.534 e. The van der Waals surface area contributed by atoms with Gasteiger partial charge in [-0.1, -0.05) is 29.7 Å². The van der Waals surface area contributed by atoms with Crippen LogP contribution in [0.5, 0.6) is 5.75 Å². The van der Waals surface area contributed by atoms with Crippen LogP contribution in [-0.2, 0) is 26.1 Å². The highest BCUT2D eigenvalue weighted by Crippen LogP contribution is 2.68. The molecule has 0 bridgehead atoms. The molecule has 0 N–H and O–H groups in total. The van der Waals surface area contributed by atoms with E-state index in [2.05, 4.69) is 4.18 Å². The smallest absolute Gasteiger partial charge is 0.376 e. The molecule has 4 atom stereocenters. The molecule has 1 saturated carbocycles. The van der Waals surface area contributed by atoms with Crippen molar-refractivity contribution in [1.29, 1.82) is 0 Å². The van der Waals surface area contributed by atoms with E-state index in [1.165, 1.54) is 23.3 Å². The first-order chi connectivity index (χ1) is 16.4. The van der Waals surface area contributed by atoms with E-state index in [0.29, 0.717) is 32.1 Å². The van der Waals surface area contributed by atoms with E-state index in [1.807, 2.05) is 6.92 Å². The van der Waals surface area contributed by atoms with Crippen molar-refractivity contribution in [2.45, 2.75) is 69.7 Å². The first kappa shape index (κ1) is 23.0. The molecule has 0 radical (unpaired) electrons. The quantitative estimate of drug-likeness (QED) is 0.309. The van der Waals surface area contributed by atoms with Gasteiger partial charge < -0.3 is 4.18 Å². The van der Waals surface area contributed by atoms with Gasteiger partial charge in [-0.05, 0) is 73.8 Å². The van der Waals surface area contributed by atoms with Gasteiger partial charge in [0.1, 0.15) is 11.5 Å². The number of carbonyl (C=O) groups excluding carboxylic acids is 2. The average molecular weight is 507 g/mol. The van der Waals surface area contributed by atoms with E-state index < -0.39 is 26.5 Å². The third-order valence-corrected chi connectivity index (χ3v) is 10.2. The summed E-state index contributed by atoms with van der Waals surface area (Å²) >= 11 is 0. The van der Waals surface area contributed by atoms with Gasteiger partial charge in [0.05, 0.1) is 0 Å². The Morgan fingerprint density at radius 2 is 1.86 bits per heavy atom. The molecule has 6 rings (SSSR count). The van der Waals surface area contributed by atoms with E-state index in [4.69, 9.17) is 0 Å². The van der Waals surface area contributed by atoms with Crippen LogP contribution in [-0.4, -0.2) is 25.5 Å². The Labute approximate surface area is 201 Å². The van der Waals surface area contributed by atoms with Gasteiger partial charge in [-0.15, -0.1) is 0 Å². The van der Waals surface area contributed by atoms with Crippen molar-refractivity contribution in [3.8, 4) is 5.75 Å². The lowest BCUT2D eigenvalue weighted by Crippen LogP contribution is -2.48. The Morgan fingerprint density at radius 3 is 2.60 bits per heavy atom. The molecule has 186 valence electrons. The monoisotopic (exact) mass is 506 g/mol. The van der Waals surface area contributed by atoms with Crippen LogP contribution in [0.1, 0.15) is 68.9 Å². The molecule has 5 aliphatic rings. The van der Waals surface area contributed by atoms with E-state index in [1.54, 1.807) is 12.1 Å². The second-order valence-corrected chi connectivity index (χ2v) is 12.4. The molecule has 1 unspecified atom stereocenters.